The van der Waals surface area contributed by atoms with Gasteiger partial charge in [0.1, 0.15) is 6.61 Å². The second-order valence-corrected chi connectivity index (χ2v) is 4.67. The van der Waals surface area contributed by atoms with Crippen molar-refractivity contribution < 1.29 is 35.9 Å². The van der Waals surface area contributed by atoms with Gasteiger partial charge in [0.05, 0.1) is 5.02 Å². The van der Waals surface area contributed by atoms with Crippen molar-refractivity contribution in [1.29, 1.82) is 0 Å². The molecule has 2 nitrogen and oxygen atoms in total. The Kier molecular flexibility index (Phi) is 5.51. The van der Waals surface area contributed by atoms with Gasteiger partial charge in [-0.25, -0.2) is 0 Å². The molecule has 1 aromatic carbocycles. The highest BCUT2D eigenvalue weighted by atomic mass is 35.5. The number of Topliss-reactive ketones (excluding diaryl/α,β-unsaturated/α-hetero) is 1. The highest BCUT2D eigenvalue weighted by molar-refractivity contribution is 6.36. The van der Waals surface area contributed by atoms with Crippen LogP contribution in [-0.2, 0) is 4.74 Å². The molecule has 0 radical (unpaired) electrons. The SMILES string of the molecule is O=C(COC(C(F)(F)F)C(F)(F)F)c1ccc(Cl)cc1Cl. The van der Waals surface area contributed by atoms with Crippen molar-refractivity contribution >= 4 is 29.0 Å². The average molecular weight is 355 g/mol. The number of ether oxygens (including phenoxy) is 1. The first-order valence-corrected chi connectivity index (χ1v) is 5.92. The Morgan fingerprint density at radius 2 is 1.62 bits per heavy atom. The Labute approximate surface area is 124 Å². The Hall–Kier alpha value is -0.990. The first-order valence-electron chi connectivity index (χ1n) is 5.16. The molecule has 0 amide bonds. The highest BCUT2D eigenvalue weighted by Crippen LogP contribution is 2.35. The monoisotopic (exact) mass is 354 g/mol. The van der Waals surface area contributed by atoms with Crippen LogP contribution in [-0.4, -0.2) is 30.8 Å². The molecular weight excluding hydrogens is 349 g/mol. The molecule has 1 aromatic rings. The predicted molar refractivity (Wildman–Crippen MR) is 62.6 cm³/mol. The van der Waals surface area contributed by atoms with Crippen LogP contribution in [0.4, 0.5) is 26.3 Å². The number of hydrogen-bond donors (Lipinski definition) is 0. The van der Waals surface area contributed by atoms with Gasteiger partial charge in [-0.3, -0.25) is 4.79 Å². The van der Waals surface area contributed by atoms with Crippen molar-refractivity contribution in [2.45, 2.75) is 18.5 Å². The molecule has 0 saturated heterocycles. The third-order valence-electron chi connectivity index (χ3n) is 2.21. The molecular formula is C11H6Cl2F6O2. The summed E-state index contributed by atoms with van der Waals surface area (Å²) < 4.78 is 76.9. The van der Waals surface area contributed by atoms with Crippen LogP contribution in [0.5, 0.6) is 0 Å². The predicted octanol–water partition coefficient (Wildman–Crippen LogP) is 4.69. The number of carbonyl (C=O) groups is 1. The van der Waals surface area contributed by atoms with Crippen LogP contribution in [0.25, 0.3) is 0 Å². The summed E-state index contributed by atoms with van der Waals surface area (Å²) in [6.45, 7) is -1.43. The molecule has 0 aromatic heterocycles. The molecule has 0 aliphatic heterocycles. The second kappa shape index (κ2) is 6.41. The van der Waals surface area contributed by atoms with Gasteiger partial charge in [0.25, 0.3) is 0 Å². The van der Waals surface area contributed by atoms with Crippen molar-refractivity contribution in [3.8, 4) is 0 Å². The minimum atomic E-state index is -5.68. The van der Waals surface area contributed by atoms with E-state index in [0.717, 1.165) is 12.1 Å². The second-order valence-electron chi connectivity index (χ2n) is 3.82. The maximum atomic E-state index is 12.2. The zero-order valence-electron chi connectivity index (χ0n) is 9.86. The Morgan fingerprint density at radius 1 is 1.10 bits per heavy atom. The molecule has 118 valence electrons. The molecule has 0 fully saturated rings. The van der Waals surface area contributed by atoms with Crippen molar-refractivity contribution in [3.63, 3.8) is 0 Å². The van der Waals surface area contributed by atoms with Gasteiger partial charge in [0.2, 0.25) is 6.10 Å². The molecule has 0 unspecified atom stereocenters. The minimum absolute atomic E-state index is 0.154. The van der Waals surface area contributed by atoms with E-state index in [9.17, 15) is 31.1 Å². The number of benzene rings is 1. The maximum Gasteiger partial charge on any atom is 0.423 e. The van der Waals surface area contributed by atoms with Crippen LogP contribution in [0.15, 0.2) is 18.2 Å². The van der Waals surface area contributed by atoms with Crippen LogP contribution in [0.1, 0.15) is 10.4 Å². The molecule has 0 atom stereocenters. The summed E-state index contributed by atoms with van der Waals surface area (Å²) in [6, 6.07) is 3.42. The summed E-state index contributed by atoms with van der Waals surface area (Å²) in [5.41, 5.74) is -0.288. The van der Waals surface area contributed by atoms with Gasteiger partial charge in [0.15, 0.2) is 5.78 Å². The number of ketones is 1. The molecule has 0 N–H and O–H groups in total. The van der Waals surface area contributed by atoms with Gasteiger partial charge >= 0.3 is 12.4 Å². The molecule has 0 aliphatic rings. The lowest BCUT2D eigenvalue weighted by molar-refractivity contribution is -0.318. The quantitative estimate of drug-likeness (QED) is 0.579. The van der Waals surface area contributed by atoms with Gasteiger partial charge in [0, 0.05) is 10.6 Å². The topological polar surface area (TPSA) is 26.3 Å². The molecule has 1 rings (SSSR count). The summed E-state index contributed by atoms with van der Waals surface area (Å²) in [7, 11) is 0. The van der Waals surface area contributed by atoms with Gasteiger partial charge in [-0.1, -0.05) is 23.2 Å². The Morgan fingerprint density at radius 3 is 2.05 bits per heavy atom. The minimum Gasteiger partial charge on any atom is -0.353 e. The number of alkyl halides is 6. The molecule has 21 heavy (non-hydrogen) atoms. The maximum absolute atomic E-state index is 12.2. The van der Waals surface area contributed by atoms with E-state index >= 15 is 0 Å². The van der Waals surface area contributed by atoms with Crippen molar-refractivity contribution in [2.75, 3.05) is 6.61 Å². The molecule has 0 saturated carbocycles. The lowest BCUT2D eigenvalue weighted by Crippen LogP contribution is -2.45. The van der Waals surface area contributed by atoms with E-state index in [1.165, 1.54) is 6.07 Å². The van der Waals surface area contributed by atoms with E-state index in [-0.39, 0.29) is 15.6 Å². The molecule has 10 heteroatoms. The van der Waals surface area contributed by atoms with Crippen LogP contribution < -0.4 is 0 Å². The molecule has 0 spiro atoms. The van der Waals surface area contributed by atoms with Gasteiger partial charge < -0.3 is 4.74 Å². The smallest absolute Gasteiger partial charge is 0.353 e. The Balaban J connectivity index is 2.83. The first kappa shape index (κ1) is 18.1. The first-order chi connectivity index (χ1) is 9.43. The normalized spacial score (nSPS) is 12.8. The third kappa shape index (κ3) is 5.05. The number of rotatable bonds is 4. The number of hydrogen-bond acceptors (Lipinski definition) is 2. The van der Waals surface area contributed by atoms with Crippen LogP contribution >= 0.6 is 23.2 Å². The Bertz CT molecular complexity index is 512. The molecule has 0 heterocycles. The summed E-state index contributed by atoms with van der Waals surface area (Å²) in [6.07, 6.45) is -15.4. The summed E-state index contributed by atoms with van der Waals surface area (Å²) >= 11 is 11.2. The van der Waals surface area contributed by atoms with Crippen LogP contribution in [0, 0.1) is 0 Å². The zero-order chi connectivity index (χ0) is 16.4. The molecule has 0 bridgehead atoms. The van der Waals surface area contributed by atoms with E-state index in [4.69, 9.17) is 23.2 Å². The average Bonchev–Trinajstić information content (AvgIpc) is 2.24. The lowest BCUT2D eigenvalue weighted by atomic mass is 10.1. The van der Waals surface area contributed by atoms with Crippen LogP contribution in [0.3, 0.4) is 0 Å². The van der Waals surface area contributed by atoms with E-state index < -0.39 is 30.8 Å². The van der Waals surface area contributed by atoms with Crippen molar-refractivity contribution in [3.05, 3.63) is 33.8 Å². The summed E-state index contributed by atoms with van der Waals surface area (Å²) in [5, 5.41) is -0.0485. The van der Waals surface area contributed by atoms with E-state index in [1.807, 2.05) is 0 Å². The third-order valence-corrected chi connectivity index (χ3v) is 2.76. The van der Waals surface area contributed by atoms with Crippen molar-refractivity contribution in [1.82, 2.24) is 0 Å². The lowest BCUT2D eigenvalue weighted by Gasteiger charge is -2.22. The highest BCUT2D eigenvalue weighted by Gasteiger charge is 2.58. The van der Waals surface area contributed by atoms with Crippen molar-refractivity contribution in [2.24, 2.45) is 0 Å². The fourth-order valence-corrected chi connectivity index (χ4v) is 1.84. The standard InChI is InChI=1S/C11H6Cl2F6O2/c12-5-1-2-6(7(13)3-5)8(20)4-21-9(10(14,15)16)11(17,18)19/h1-3,9H,4H2. The van der Waals surface area contributed by atoms with Crippen LogP contribution in [0.2, 0.25) is 10.0 Å². The number of halogens is 8. The van der Waals surface area contributed by atoms with E-state index in [0.29, 0.717) is 0 Å². The van der Waals surface area contributed by atoms with Gasteiger partial charge in [-0.2, -0.15) is 26.3 Å². The molecule has 0 aliphatic carbocycles. The van der Waals surface area contributed by atoms with Gasteiger partial charge in [-0.05, 0) is 18.2 Å². The van der Waals surface area contributed by atoms with Gasteiger partial charge in [-0.15, -0.1) is 0 Å². The zero-order valence-corrected chi connectivity index (χ0v) is 11.4. The number of carbonyl (C=O) groups excluding carboxylic acids is 1. The van der Waals surface area contributed by atoms with E-state index in [2.05, 4.69) is 4.74 Å². The summed E-state index contributed by atoms with van der Waals surface area (Å²) in [5.74, 6) is -1.13. The summed E-state index contributed by atoms with van der Waals surface area (Å²) in [4.78, 5) is 11.5. The largest absolute Gasteiger partial charge is 0.423 e. The fraction of sp³-hybridized carbons (Fsp3) is 0.364. The van der Waals surface area contributed by atoms with E-state index in [1.54, 1.807) is 0 Å². The fourth-order valence-electron chi connectivity index (χ4n) is 1.33.